The Balaban J connectivity index is 1.68. The smallest absolute Gasteiger partial charge is 0.356 e. The van der Waals surface area contributed by atoms with Gasteiger partial charge in [0.2, 0.25) is 11.9 Å². The van der Waals surface area contributed by atoms with E-state index in [9.17, 15) is 4.79 Å². The minimum atomic E-state index is -0.554. The van der Waals surface area contributed by atoms with Crippen LogP contribution in [0.3, 0.4) is 0 Å². The first kappa shape index (κ1) is 17.3. The van der Waals surface area contributed by atoms with Gasteiger partial charge in [0.05, 0.1) is 5.69 Å². The van der Waals surface area contributed by atoms with Crippen molar-refractivity contribution in [2.24, 2.45) is 0 Å². The number of nitrogens with two attached hydrogens (primary N) is 1. The summed E-state index contributed by atoms with van der Waals surface area (Å²) in [4.78, 5) is 26.0. The molecule has 26 heavy (non-hydrogen) atoms. The van der Waals surface area contributed by atoms with E-state index in [1.807, 2.05) is 31.2 Å². The summed E-state index contributed by atoms with van der Waals surface area (Å²) in [5.74, 6) is 0.179. The summed E-state index contributed by atoms with van der Waals surface area (Å²) in [6, 6.07) is 9.49. The number of nitrogens with one attached hydrogen (secondary N) is 1. The van der Waals surface area contributed by atoms with Crippen molar-refractivity contribution in [2.75, 3.05) is 24.7 Å². The third-order valence-electron chi connectivity index (χ3n) is 3.56. The van der Waals surface area contributed by atoms with E-state index < -0.39 is 5.97 Å². The lowest BCUT2D eigenvalue weighted by Gasteiger charge is -2.11. The van der Waals surface area contributed by atoms with Crippen LogP contribution in [0.4, 0.5) is 11.9 Å². The number of carbonyl (C=O) groups excluding carboxylic acids is 1. The van der Waals surface area contributed by atoms with E-state index in [1.165, 1.54) is 0 Å². The maximum atomic E-state index is 12.2. The zero-order valence-electron chi connectivity index (χ0n) is 14.7. The average Bonchev–Trinajstić information content (AvgIpc) is 3.10. The van der Waals surface area contributed by atoms with Crippen LogP contribution in [0.2, 0.25) is 0 Å². The summed E-state index contributed by atoms with van der Waals surface area (Å²) in [6.07, 6.45) is 0. The molecule has 9 heteroatoms. The number of hydrogen-bond donors (Lipinski definition) is 2. The Morgan fingerprint density at radius 3 is 2.62 bits per heavy atom. The highest BCUT2D eigenvalue weighted by Gasteiger charge is 2.14. The average molecular weight is 353 g/mol. The molecule has 3 N–H and O–H groups in total. The largest absolute Gasteiger partial charge is 0.453 e. The van der Waals surface area contributed by atoms with Crippen LogP contribution in [-0.4, -0.2) is 45.2 Å². The predicted octanol–water partition coefficient (Wildman–Crippen LogP) is 1.58. The predicted molar refractivity (Wildman–Crippen MR) is 96.4 cm³/mol. The summed E-state index contributed by atoms with van der Waals surface area (Å²) in [7, 11) is 3.56. The Kier molecular flexibility index (Phi) is 4.78. The summed E-state index contributed by atoms with van der Waals surface area (Å²) in [6.45, 7) is 1.89. The Hall–Kier alpha value is -3.49. The summed E-state index contributed by atoms with van der Waals surface area (Å²) in [5, 5.41) is 6.84. The molecule has 0 aliphatic rings. The Morgan fingerprint density at radius 1 is 1.19 bits per heavy atom. The molecule has 3 aromatic rings. The Bertz CT molecular complexity index is 919. The molecule has 0 aliphatic carbocycles. The van der Waals surface area contributed by atoms with E-state index in [0.29, 0.717) is 11.6 Å². The molecule has 0 fully saturated rings. The second-order valence-corrected chi connectivity index (χ2v) is 5.91. The fraction of sp³-hybridized carbons (Fsp3) is 0.235. The number of anilines is 2. The van der Waals surface area contributed by atoms with Crippen LogP contribution in [0, 0.1) is 6.92 Å². The molecule has 0 saturated heterocycles. The number of esters is 1. The number of rotatable bonds is 5. The van der Waals surface area contributed by atoms with Crippen molar-refractivity contribution >= 4 is 17.9 Å². The van der Waals surface area contributed by atoms with Crippen LogP contribution >= 0.6 is 0 Å². The number of H-pyrrole nitrogens is 1. The van der Waals surface area contributed by atoms with Gasteiger partial charge in [-0.1, -0.05) is 29.8 Å². The molecule has 0 bridgehead atoms. The number of aromatic nitrogens is 5. The lowest BCUT2D eigenvalue weighted by molar-refractivity contribution is 0.0455. The van der Waals surface area contributed by atoms with Crippen LogP contribution < -0.4 is 10.6 Å². The molecular weight excluding hydrogens is 334 g/mol. The van der Waals surface area contributed by atoms with Crippen molar-refractivity contribution in [3.8, 4) is 11.3 Å². The van der Waals surface area contributed by atoms with Crippen molar-refractivity contribution in [1.29, 1.82) is 0 Å². The van der Waals surface area contributed by atoms with E-state index in [-0.39, 0.29) is 24.1 Å². The fourth-order valence-corrected chi connectivity index (χ4v) is 2.20. The van der Waals surface area contributed by atoms with Gasteiger partial charge in [0.25, 0.3) is 0 Å². The fourth-order valence-electron chi connectivity index (χ4n) is 2.20. The van der Waals surface area contributed by atoms with E-state index in [1.54, 1.807) is 25.1 Å². The highest BCUT2D eigenvalue weighted by atomic mass is 16.5. The van der Waals surface area contributed by atoms with Gasteiger partial charge in [-0.2, -0.15) is 20.1 Å². The molecule has 0 saturated carbocycles. The van der Waals surface area contributed by atoms with Gasteiger partial charge in [-0.3, -0.25) is 5.10 Å². The molecule has 2 heterocycles. The maximum absolute atomic E-state index is 12.2. The van der Waals surface area contributed by atoms with E-state index in [2.05, 4.69) is 25.1 Å². The number of ether oxygens (including phenoxy) is 1. The normalized spacial score (nSPS) is 10.6. The molecule has 134 valence electrons. The molecule has 1 aromatic carbocycles. The number of benzene rings is 1. The molecule has 0 amide bonds. The first-order chi connectivity index (χ1) is 12.4. The topological polar surface area (TPSA) is 123 Å². The zero-order valence-corrected chi connectivity index (χ0v) is 14.7. The minimum absolute atomic E-state index is 0.0675. The van der Waals surface area contributed by atoms with Crippen LogP contribution in [0.25, 0.3) is 11.3 Å². The Morgan fingerprint density at radius 2 is 1.92 bits per heavy atom. The van der Waals surface area contributed by atoms with Gasteiger partial charge >= 0.3 is 5.97 Å². The SMILES string of the molecule is Cc1ccc(-c2cc(C(=O)OCc3nc(N)nc(N(C)C)n3)[nH]n2)cc1. The standard InChI is InChI=1S/C17H19N7O2/c1-10-4-6-11(7-5-10)12-8-13(23-22-12)15(25)26-9-14-19-16(18)21-17(20-14)24(2)3/h4-8H,9H2,1-3H3,(H,22,23)(H2,18,19,20,21). The van der Waals surface area contributed by atoms with Crippen LogP contribution in [0.1, 0.15) is 21.9 Å². The molecule has 0 unspecified atom stereocenters. The maximum Gasteiger partial charge on any atom is 0.356 e. The van der Waals surface area contributed by atoms with E-state index in [0.717, 1.165) is 11.1 Å². The van der Waals surface area contributed by atoms with Gasteiger partial charge in [0.15, 0.2) is 12.4 Å². The van der Waals surface area contributed by atoms with Crippen LogP contribution in [0.5, 0.6) is 0 Å². The summed E-state index contributed by atoms with van der Waals surface area (Å²) >= 11 is 0. The number of aromatic amines is 1. The van der Waals surface area contributed by atoms with Gasteiger partial charge in [-0.15, -0.1) is 0 Å². The number of nitrogens with zero attached hydrogens (tertiary/aromatic N) is 5. The lowest BCUT2D eigenvalue weighted by atomic mass is 10.1. The molecule has 9 nitrogen and oxygen atoms in total. The minimum Gasteiger partial charge on any atom is -0.453 e. The van der Waals surface area contributed by atoms with Crippen molar-refractivity contribution in [1.82, 2.24) is 25.1 Å². The van der Waals surface area contributed by atoms with Gasteiger partial charge in [-0.25, -0.2) is 4.79 Å². The first-order valence-electron chi connectivity index (χ1n) is 7.89. The molecule has 3 rings (SSSR count). The van der Waals surface area contributed by atoms with Crippen LogP contribution in [-0.2, 0) is 11.3 Å². The van der Waals surface area contributed by atoms with Gasteiger partial charge in [0, 0.05) is 19.7 Å². The van der Waals surface area contributed by atoms with Crippen molar-refractivity contribution in [3.63, 3.8) is 0 Å². The number of aryl methyl sites for hydroxylation is 1. The first-order valence-corrected chi connectivity index (χ1v) is 7.89. The number of nitrogen functional groups attached to an aromatic ring is 1. The van der Waals surface area contributed by atoms with Gasteiger partial charge in [-0.05, 0) is 13.0 Å². The molecule has 2 aromatic heterocycles. The number of carbonyl (C=O) groups is 1. The van der Waals surface area contributed by atoms with Gasteiger partial charge in [0.1, 0.15) is 5.69 Å². The number of hydrogen-bond acceptors (Lipinski definition) is 8. The highest BCUT2D eigenvalue weighted by molar-refractivity contribution is 5.88. The monoisotopic (exact) mass is 353 g/mol. The third kappa shape index (κ3) is 3.94. The van der Waals surface area contributed by atoms with E-state index >= 15 is 0 Å². The second kappa shape index (κ2) is 7.18. The molecule has 0 atom stereocenters. The second-order valence-electron chi connectivity index (χ2n) is 5.91. The quantitative estimate of drug-likeness (QED) is 0.663. The Labute approximate surface area is 150 Å². The highest BCUT2D eigenvalue weighted by Crippen LogP contribution is 2.18. The van der Waals surface area contributed by atoms with Gasteiger partial charge < -0.3 is 15.4 Å². The van der Waals surface area contributed by atoms with Crippen LogP contribution in [0.15, 0.2) is 30.3 Å². The molecule has 0 radical (unpaired) electrons. The van der Waals surface area contributed by atoms with E-state index in [4.69, 9.17) is 10.5 Å². The van der Waals surface area contributed by atoms with Crippen molar-refractivity contribution in [3.05, 3.63) is 47.4 Å². The molecule has 0 spiro atoms. The van der Waals surface area contributed by atoms with Crippen molar-refractivity contribution < 1.29 is 9.53 Å². The molecule has 0 aliphatic heterocycles. The molecular formula is C17H19N7O2. The third-order valence-corrected chi connectivity index (χ3v) is 3.56. The summed E-state index contributed by atoms with van der Waals surface area (Å²) < 4.78 is 5.24. The zero-order chi connectivity index (χ0) is 18.7. The lowest BCUT2D eigenvalue weighted by Crippen LogP contribution is -2.17. The van der Waals surface area contributed by atoms with Crippen molar-refractivity contribution in [2.45, 2.75) is 13.5 Å². The summed E-state index contributed by atoms with van der Waals surface area (Å²) in [5.41, 5.74) is 8.62.